The summed E-state index contributed by atoms with van der Waals surface area (Å²) in [5, 5.41) is 4.38. The highest BCUT2D eigenvalue weighted by Gasteiger charge is 2.22. The van der Waals surface area contributed by atoms with Crippen LogP contribution in [-0.4, -0.2) is 40.6 Å². The predicted octanol–water partition coefficient (Wildman–Crippen LogP) is 3.61. The van der Waals surface area contributed by atoms with Gasteiger partial charge in [0.25, 0.3) is 11.6 Å². The highest BCUT2D eigenvalue weighted by Crippen LogP contribution is 2.27. The molecule has 152 valence electrons. The number of aryl methyl sites for hydroxylation is 1. The number of nitrogens with zero attached hydrogens (tertiary/aromatic N) is 3. The Morgan fingerprint density at radius 1 is 1.13 bits per heavy atom. The molecular formula is C22H19N3O5. The molecule has 0 unspecified atom stereocenters. The molecule has 30 heavy (non-hydrogen) atoms. The molecule has 4 aromatic rings. The van der Waals surface area contributed by atoms with E-state index in [-0.39, 0.29) is 23.7 Å². The number of ether oxygens (including phenoxy) is 1. The lowest BCUT2D eigenvalue weighted by atomic mass is 10.1. The van der Waals surface area contributed by atoms with Gasteiger partial charge in [0.05, 0.1) is 35.1 Å². The van der Waals surface area contributed by atoms with Crippen LogP contribution in [0.2, 0.25) is 0 Å². The standard InChI is InChI=1S/C22H19N3O5/c1-14-20-17(11-18(23-21(20)30-24-14)15-7-4-3-5-8-15)22(27)29-13-19(26)25(2)12-16-9-6-10-28-16/h3-11H,12-13H2,1-2H3. The molecule has 0 fully saturated rings. The molecule has 0 saturated heterocycles. The van der Waals surface area contributed by atoms with Gasteiger partial charge in [-0.15, -0.1) is 0 Å². The summed E-state index contributed by atoms with van der Waals surface area (Å²) in [6, 6.07) is 14.5. The molecule has 8 nitrogen and oxygen atoms in total. The van der Waals surface area contributed by atoms with E-state index in [1.165, 1.54) is 11.2 Å². The number of fused-ring (bicyclic) bond motifs is 1. The molecule has 0 saturated carbocycles. The number of pyridine rings is 1. The van der Waals surface area contributed by atoms with Crippen molar-refractivity contribution >= 4 is 23.0 Å². The Morgan fingerprint density at radius 3 is 2.67 bits per heavy atom. The third kappa shape index (κ3) is 3.93. The third-order valence-corrected chi connectivity index (χ3v) is 4.63. The number of furan rings is 1. The van der Waals surface area contributed by atoms with Gasteiger partial charge in [0.15, 0.2) is 6.61 Å². The quantitative estimate of drug-likeness (QED) is 0.452. The Morgan fingerprint density at radius 2 is 1.93 bits per heavy atom. The summed E-state index contributed by atoms with van der Waals surface area (Å²) < 4.78 is 15.8. The van der Waals surface area contributed by atoms with Gasteiger partial charge in [-0.1, -0.05) is 35.5 Å². The van der Waals surface area contributed by atoms with Crippen LogP contribution in [0.15, 0.2) is 63.7 Å². The van der Waals surface area contributed by atoms with Crippen molar-refractivity contribution < 1.29 is 23.3 Å². The molecule has 0 aliphatic carbocycles. The number of hydrogen-bond donors (Lipinski definition) is 0. The van der Waals surface area contributed by atoms with E-state index in [9.17, 15) is 9.59 Å². The van der Waals surface area contributed by atoms with Crippen LogP contribution in [0, 0.1) is 6.92 Å². The summed E-state index contributed by atoms with van der Waals surface area (Å²) in [5.74, 6) is -0.360. The first-order valence-electron chi connectivity index (χ1n) is 9.29. The number of hydrogen-bond acceptors (Lipinski definition) is 7. The summed E-state index contributed by atoms with van der Waals surface area (Å²) in [5.41, 5.74) is 2.37. The van der Waals surface area contributed by atoms with E-state index in [1.807, 2.05) is 30.3 Å². The summed E-state index contributed by atoms with van der Waals surface area (Å²) in [6.45, 7) is 1.60. The Bertz CT molecular complexity index is 1180. The highest BCUT2D eigenvalue weighted by atomic mass is 16.5. The molecule has 8 heteroatoms. The van der Waals surface area contributed by atoms with Crippen LogP contribution in [0.5, 0.6) is 0 Å². The number of likely N-dealkylation sites (N-methyl/N-ethyl adjacent to an activating group) is 1. The van der Waals surface area contributed by atoms with Gasteiger partial charge in [-0.05, 0) is 25.1 Å². The van der Waals surface area contributed by atoms with Crippen LogP contribution in [0.3, 0.4) is 0 Å². The van der Waals surface area contributed by atoms with Crippen LogP contribution in [0.4, 0.5) is 0 Å². The number of amides is 1. The van der Waals surface area contributed by atoms with E-state index >= 15 is 0 Å². The average Bonchev–Trinajstić information content (AvgIpc) is 3.41. The maximum absolute atomic E-state index is 12.8. The fourth-order valence-corrected chi connectivity index (χ4v) is 3.05. The van der Waals surface area contributed by atoms with Gasteiger partial charge in [0.2, 0.25) is 0 Å². The first-order chi connectivity index (χ1) is 14.5. The summed E-state index contributed by atoms with van der Waals surface area (Å²) in [6.07, 6.45) is 1.54. The van der Waals surface area contributed by atoms with E-state index in [1.54, 1.807) is 32.2 Å². The maximum Gasteiger partial charge on any atom is 0.339 e. The number of benzene rings is 1. The maximum atomic E-state index is 12.8. The normalized spacial score (nSPS) is 10.9. The van der Waals surface area contributed by atoms with Crippen LogP contribution in [0.1, 0.15) is 21.8 Å². The lowest BCUT2D eigenvalue weighted by molar-refractivity contribution is -0.133. The second-order valence-corrected chi connectivity index (χ2v) is 6.77. The van der Waals surface area contributed by atoms with Gasteiger partial charge in [-0.3, -0.25) is 4.79 Å². The van der Waals surface area contributed by atoms with Crippen molar-refractivity contribution in [3.8, 4) is 11.3 Å². The molecule has 0 spiro atoms. The van der Waals surface area contributed by atoms with Crippen LogP contribution in [0.25, 0.3) is 22.4 Å². The Hall–Kier alpha value is -3.94. The predicted molar refractivity (Wildman–Crippen MR) is 107 cm³/mol. The highest BCUT2D eigenvalue weighted by molar-refractivity contribution is 6.04. The van der Waals surface area contributed by atoms with E-state index in [2.05, 4.69) is 10.1 Å². The van der Waals surface area contributed by atoms with E-state index in [0.717, 1.165) is 5.56 Å². The molecule has 1 aromatic carbocycles. The van der Waals surface area contributed by atoms with Crippen LogP contribution < -0.4 is 0 Å². The number of rotatable bonds is 6. The van der Waals surface area contributed by atoms with Crippen molar-refractivity contribution in [2.24, 2.45) is 0 Å². The molecule has 0 atom stereocenters. The number of aromatic nitrogens is 2. The molecule has 3 aromatic heterocycles. The van der Waals surface area contributed by atoms with Gasteiger partial charge >= 0.3 is 5.97 Å². The molecule has 0 bridgehead atoms. The molecule has 0 aliphatic heterocycles. The average molecular weight is 405 g/mol. The van der Waals surface area contributed by atoms with Crippen LogP contribution in [-0.2, 0) is 16.1 Å². The largest absolute Gasteiger partial charge is 0.467 e. The van der Waals surface area contributed by atoms with Crippen LogP contribution >= 0.6 is 0 Å². The number of esters is 1. The van der Waals surface area contributed by atoms with Gasteiger partial charge < -0.3 is 18.6 Å². The summed E-state index contributed by atoms with van der Waals surface area (Å²) in [7, 11) is 1.61. The Balaban J connectivity index is 1.55. The Labute approximate surface area is 172 Å². The smallest absolute Gasteiger partial charge is 0.339 e. The van der Waals surface area contributed by atoms with Crippen molar-refractivity contribution in [2.75, 3.05) is 13.7 Å². The van der Waals surface area contributed by atoms with E-state index < -0.39 is 12.6 Å². The van der Waals surface area contributed by atoms with E-state index in [0.29, 0.717) is 22.5 Å². The van der Waals surface area contributed by atoms with Gasteiger partial charge in [-0.25, -0.2) is 9.78 Å². The van der Waals surface area contributed by atoms with Crippen molar-refractivity contribution in [2.45, 2.75) is 13.5 Å². The second kappa shape index (κ2) is 8.20. The minimum atomic E-state index is -0.648. The molecule has 0 N–H and O–H groups in total. The molecule has 3 heterocycles. The summed E-state index contributed by atoms with van der Waals surface area (Å²) >= 11 is 0. The molecule has 4 rings (SSSR count). The first-order valence-corrected chi connectivity index (χ1v) is 9.29. The number of carbonyl (C=O) groups excluding carboxylic acids is 2. The zero-order valence-electron chi connectivity index (χ0n) is 16.5. The topological polar surface area (TPSA) is 98.7 Å². The zero-order valence-corrected chi connectivity index (χ0v) is 16.5. The molecule has 0 radical (unpaired) electrons. The molecule has 1 amide bonds. The molecule has 0 aliphatic rings. The number of carbonyl (C=O) groups is 2. The van der Waals surface area contributed by atoms with Gasteiger partial charge in [0, 0.05) is 12.6 Å². The monoisotopic (exact) mass is 405 g/mol. The van der Waals surface area contributed by atoms with Crippen molar-refractivity contribution in [3.05, 3.63) is 71.8 Å². The van der Waals surface area contributed by atoms with Gasteiger partial charge in [-0.2, -0.15) is 0 Å². The fourth-order valence-electron chi connectivity index (χ4n) is 3.05. The Kier molecular flexibility index (Phi) is 5.30. The summed E-state index contributed by atoms with van der Waals surface area (Å²) in [4.78, 5) is 31.0. The minimum absolute atomic E-state index is 0.238. The van der Waals surface area contributed by atoms with Crippen molar-refractivity contribution in [3.63, 3.8) is 0 Å². The fraction of sp³-hybridized carbons (Fsp3) is 0.182. The van der Waals surface area contributed by atoms with E-state index in [4.69, 9.17) is 13.7 Å². The first kappa shape index (κ1) is 19.4. The second-order valence-electron chi connectivity index (χ2n) is 6.77. The van der Waals surface area contributed by atoms with Crippen molar-refractivity contribution in [1.82, 2.24) is 15.0 Å². The molecular weight excluding hydrogens is 386 g/mol. The zero-order chi connectivity index (χ0) is 21.1. The van der Waals surface area contributed by atoms with Crippen molar-refractivity contribution in [1.29, 1.82) is 0 Å². The lowest BCUT2D eigenvalue weighted by Gasteiger charge is -2.15. The minimum Gasteiger partial charge on any atom is -0.467 e. The lowest BCUT2D eigenvalue weighted by Crippen LogP contribution is -2.30. The third-order valence-electron chi connectivity index (χ3n) is 4.63. The van der Waals surface area contributed by atoms with Gasteiger partial charge in [0.1, 0.15) is 5.76 Å². The SMILES string of the molecule is Cc1noc2nc(-c3ccccc3)cc(C(=O)OCC(=O)N(C)Cc3ccco3)c12.